The maximum atomic E-state index is 10.8. The van der Waals surface area contributed by atoms with E-state index in [1.165, 1.54) is 0 Å². The molecule has 0 saturated heterocycles. The normalized spacial score (nSPS) is 10.2. The summed E-state index contributed by atoms with van der Waals surface area (Å²) < 4.78 is 0. The number of aromatic amines is 1. The second-order valence-electron chi connectivity index (χ2n) is 3.19. The Labute approximate surface area is 96.7 Å². The molecule has 0 aliphatic heterocycles. The number of aromatic carboxylic acids is 1. The summed E-state index contributed by atoms with van der Waals surface area (Å²) in [5.41, 5.74) is 1.29. The minimum atomic E-state index is -0.898. The molecule has 4 nitrogen and oxygen atoms in total. The van der Waals surface area contributed by atoms with Crippen LogP contribution in [0.25, 0.3) is 0 Å². The number of nitrogens with zero attached hydrogens (tertiary/aromatic N) is 1. The van der Waals surface area contributed by atoms with Crippen molar-refractivity contribution in [3.63, 3.8) is 0 Å². The van der Waals surface area contributed by atoms with E-state index in [1.807, 2.05) is 6.07 Å². The van der Waals surface area contributed by atoms with E-state index in [1.54, 1.807) is 42.4 Å². The number of carbonyl (C=O) groups is 1. The van der Waals surface area contributed by atoms with Crippen LogP contribution in [0.15, 0.2) is 41.8 Å². The SMILES string of the molecule is O=C(O)c1cccc(CSc2ncc[nH]2)c1. The number of imidazole rings is 1. The summed E-state index contributed by atoms with van der Waals surface area (Å²) in [6.07, 6.45) is 3.45. The number of carboxylic acids is 1. The Morgan fingerprint density at radius 1 is 1.50 bits per heavy atom. The van der Waals surface area contributed by atoms with Gasteiger partial charge in [0.25, 0.3) is 0 Å². The molecular formula is C11H10N2O2S. The monoisotopic (exact) mass is 234 g/mol. The molecule has 1 aromatic heterocycles. The van der Waals surface area contributed by atoms with Crippen LogP contribution < -0.4 is 0 Å². The van der Waals surface area contributed by atoms with Crippen molar-refractivity contribution in [2.24, 2.45) is 0 Å². The van der Waals surface area contributed by atoms with Gasteiger partial charge in [0.2, 0.25) is 0 Å². The smallest absolute Gasteiger partial charge is 0.335 e. The van der Waals surface area contributed by atoms with Gasteiger partial charge in [0.05, 0.1) is 5.56 Å². The number of rotatable bonds is 4. The third-order valence-corrected chi connectivity index (χ3v) is 3.00. The van der Waals surface area contributed by atoms with Crippen LogP contribution in [-0.4, -0.2) is 21.0 Å². The van der Waals surface area contributed by atoms with Gasteiger partial charge in [-0.1, -0.05) is 23.9 Å². The highest BCUT2D eigenvalue weighted by Gasteiger charge is 2.04. The average molecular weight is 234 g/mol. The van der Waals surface area contributed by atoms with E-state index in [2.05, 4.69) is 9.97 Å². The molecule has 2 rings (SSSR count). The molecule has 82 valence electrons. The van der Waals surface area contributed by atoms with Gasteiger partial charge in [-0.15, -0.1) is 0 Å². The number of aromatic nitrogens is 2. The zero-order valence-electron chi connectivity index (χ0n) is 8.38. The summed E-state index contributed by atoms with van der Waals surface area (Å²) in [6.45, 7) is 0. The van der Waals surface area contributed by atoms with Crippen LogP contribution in [0, 0.1) is 0 Å². The summed E-state index contributed by atoms with van der Waals surface area (Å²) in [6, 6.07) is 6.92. The quantitative estimate of drug-likeness (QED) is 0.797. The number of hydrogen-bond acceptors (Lipinski definition) is 3. The van der Waals surface area contributed by atoms with E-state index >= 15 is 0 Å². The average Bonchev–Trinajstić information content (AvgIpc) is 2.79. The molecule has 0 saturated carbocycles. The van der Waals surface area contributed by atoms with Crippen molar-refractivity contribution in [1.29, 1.82) is 0 Å². The number of thioether (sulfide) groups is 1. The molecule has 16 heavy (non-hydrogen) atoms. The van der Waals surface area contributed by atoms with Crippen LogP contribution in [0.5, 0.6) is 0 Å². The second kappa shape index (κ2) is 4.85. The third-order valence-electron chi connectivity index (χ3n) is 2.02. The summed E-state index contributed by atoms with van der Waals surface area (Å²) in [5, 5.41) is 9.67. The summed E-state index contributed by atoms with van der Waals surface area (Å²) in [5.74, 6) is -0.195. The first-order valence-corrected chi connectivity index (χ1v) is 5.68. The molecule has 0 aliphatic carbocycles. The van der Waals surface area contributed by atoms with E-state index in [9.17, 15) is 4.79 Å². The standard InChI is InChI=1S/C11H10N2O2S/c14-10(15)9-3-1-2-8(6-9)7-16-11-12-4-5-13-11/h1-6H,7H2,(H,12,13)(H,14,15). The third kappa shape index (κ3) is 2.64. The predicted molar refractivity (Wildman–Crippen MR) is 61.6 cm³/mol. The lowest BCUT2D eigenvalue weighted by molar-refractivity contribution is 0.0697. The van der Waals surface area contributed by atoms with Crippen LogP contribution in [0.1, 0.15) is 15.9 Å². The molecule has 0 unspecified atom stereocenters. The predicted octanol–water partition coefficient (Wildman–Crippen LogP) is 2.40. The van der Waals surface area contributed by atoms with Gasteiger partial charge in [-0.25, -0.2) is 9.78 Å². The van der Waals surface area contributed by atoms with Gasteiger partial charge < -0.3 is 10.1 Å². The molecule has 0 fully saturated rings. The molecule has 0 radical (unpaired) electrons. The van der Waals surface area contributed by atoms with Crippen LogP contribution in [-0.2, 0) is 5.75 Å². The molecule has 0 aliphatic rings. The van der Waals surface area contributed by atoms with Crippen molar-refractivity contribution >= 4 is 17.7 Å². The second-order valence-corrected chi connectivity index (χ2v) is 4.15. The zero-order chi connectivity index (χ0) is 11.4. The Morgan fingerprint density at radius 2 is 2.38 bits per heavy atom. The van der Waals surface area contributed by atoms with Crippen molar-refractivity contribution in [2.45, 2.75) is 10.9 Å². The summed E-state index contributed by atoms with van der Waals surface area (Å²) >= 11 is 1.54. The Bertz CT molecular complexity index is 482. The fourth-order valence-electron chi connectivity index (χ4n) is 1.28. The van der Waals surface area contributed by atoms with E-state index < -0.39 is 5.97 Å². The van der Waals surface area contributed by atoms with E-state index in [0.717, 1.165) is 10.7 Å². The molecule has 2 N–H and O–H groups in total. The molecule has 0 bridgehead atoms. The number of carboxylic acid groups (broad SMARTS) is 1. The van der Waals surface area contributed by atoms with Gasteiger partial charge >= 0.3 is 5.97 Å². The molecule has 5 heteroatoms. The lowest BCUT2D eigenvalue weighted by atomic mass is 10.1. The lowest BCUT2D eigenvalue weighted by Crippen LogP contribution is -1.96. The van der Waals surface area contributed by atoms with Crippen molar-refractivity contribution in [1.82, 2.24) is 9.97 Å². The van der Waals surface area contributed by atoms with Crippen molar-refractivity contribution in [2.75, 3.05) is 0 Å². The summed E-state index contributed by atoms with van der Waals surface area (Å²) in [4.78, 5) is 17.8. The largest absolute Gasteiger partial charge is 0.478 e. The number of hydrogen-bond donors (Lipinski definition) is 2. The molecule has 1 aromatic carbocycles. The van der Waals surface area contributed by atoms with Crippen molar-refractivity contribution < 1.29 is 9.90 Å². The molecular weight excluding hydrogens is 224 g/mol. The molecule has 1 heterocycles. The van der Waals surface area contributed by atoms with Crippen LogP contribution in [0.2, 0.25) is 0 Å². The Balaban J connectivity index is 2.04. The Hall–Kier alpha value is -1.75. The van der Waals surface area contributed by atoms with E-state index in [-0.39, 0.29) is 0 Å². The summed E-state index contributed by atoms with van der Waals surface area (Å²) in [7, 11) is 0. The van der Waals surface area contributed by atoms with Crippen LogP contribution in [0.3, 0.4) is 0 Å². The van der Waals surface area contributed by atoms with Gasteiger partial charge in [-0.3, -0.25) is 0 Å². The van der Waals surface area contributed by atoms with Crippen LogP contribution in [0.4, 0.5) is 0 Å². The van der Waals surface area contributed by atoms with E-state index in [4.69, 9.17) is 5.11 Å². The van der Waals surface area contributed by atoms with Gasteiger partial charge in [0, 0.05) is 18.1 Å². The lowest BCUT2D eigenvalue weighted by Gasteiger charge is -2.00. The maximum Gasteiger partial charge on any atom is 0.335 e. The first kappa shape index (κ1) is 10.8. The first-order chi connectivity index (χ1) is 7.75. The van der Waals surface area contributed by atoms with Crippen molar-refractivity contribution in [3.8, 4) is 0 Å². The molecule has 0 spiro atoms. The highest BCUT2D eigenvalue weighted by atomic mass is 32.2. The number of benzene rings is 1. The van der Waals surface area contributed by atoms with Crippen LogP contribution >= 0.6 is 11.8 Å². The minimum Gasteiger partial charge on any atom is -0.478 e. The number of nitrogens with one attached hydrogen (secondary N) is 1. The Morgan fingerprint density at radius 3 is 3.06 bits per heavy atom. The minimum absolute atomic E-state index is 0.317. The van der Waals surface area contributed by atoms with Crippen molar-refractivity contribution in [3.05, 3.63) is 47.8 Å². The molecule has 0 amide bonds. The fraction of sp³-hybridized carbons (Fsp3) is 0.0909. The topological polar surface area (TPSA) is 66.0 Å². The molecule has 0 atom stereocenters. The highest BCUT2D eigenvalue weighted by Crippen LogP contribution is 2.19. The maximum absolute atomic E-state index is 10.8. The number of H-pyrrole nitrogens is 1. The van der Waals surface area contributed by atoms with Gasteiger partial charge in [0.1, 0.15) is 0 Å². The Kier molecular flexibility index (Phi) is 3.26. The zero-order valence-corrected chi connectivity index (χ0v) is 9.20. The van der Waals surface area contributed by atoms with Gasteiger partial charge in [0.15, 0.2) is 5.16 Å². The molecule has 2 aromatic rings. The van der Waals surface area contributed by atoms with Gasteiger partial charge in [-0.2, -0.15) is 0 Å². The van der Waals surface area contributed by atoms with Gasteiger partial charge in [-0.05, 0) is 17.7 Å². The fourth-order valence-corrected chi connectivity index (χ4v) is 2.05. The highest BCUT2D eigenvalue weighted by molar-refractivity contribution is 7.98. The van der Waals surface area contributed by atoms with E-state index in [0.29, 0.717) is 11.3 Å². The first-order valence-electron chi connectivity index (χ1n) is 4.70.